The third-order valence-electron chi connectivity index (χ3n) is 4.83. The van der Waals surface area contributed by atoms with E-state index in [4.69, 9.17) is 21.5 Å². The zero-order valence-electron chi connectivity index (χ0n) is 16.2. The summed E-state index contributed by atoms with van der Waals surface area (Å²) in [4.78, 5) is 15.9. The van der Waals surface area contributed by atoms with Gasteiger partial charge >= 0.3 is 0 Å². The number of carbonyl (C=O) groups is 1. The van der Waals surface area contributed by atoms with E-state index in [1.807, 2.05) is 66.2 Å². The molecule has 3 rings (SSSR count). The second-order valence-electron chi connectivity index (χ2n) is 6.73. The van der Waals surface area contributed by atoms with Crippen molar-refractivity contribution in [3.8, 4) is 5.69 Å². The largest absolute Gasteiger partial charge is 0.377 e. The predicted octanol–water partition coefficient (Wildman–Crippen LogP) is 4.15. The molecule has 0 radical (unpaired) electrons. The van der Waals surface area contributed by atoms with Crippen LogP contribution in [0.5, 0.6) is 0 Å². The van der Waals surface area contributed by atoms with Gasteiger partial charge in [-0.2, -0.15) is 0 Å². The smallest absolute Gasteiger partial charge is 0.245 e. The highest BCUT2D eigenvalue weighted by Gasteiger charge is 2.26. The third kappa shape index (κ3) is 5.67. The molecule has 0 unspecified atom stereocenters. The van der Waals surface area contributed by atoms with E-state index in [1.54, 1.807) is 18.0 Å². The van der Waals surface area contributed by atoms with Gasteiger partial charge in [-0.1, -0.05) is 35.9 Å². The SMILES string of the molecule is CCO[C@H](CC(=O)NO)[C@H](Cc1ccc(Cl)cc1)c1ccc(-n2ccnc2)cc1. The minimum Gasteiger partial charge on any atom is -0.377 e. The number of nitrogens with zero attached hydrogens (tertiary/aromatic N) is 2. The van der Waals surface area contributed by atoms with E-state index in [-0.39, 0.29) is 18.4 Å². The number of halogens is 1. The number of hydrogen-bond donors (Lipinski definition) is 2. The van der Waals surface area contributed by atoms with Crippen LogP contribution in [0.2, 0.25) is 5.02 Å². The summed E-state index contributed by atoms with van der Waals surface area (Å²) in [6.45, 7) is 2.36. The van der Waals surface area contributed by atoms with Crippen molar-refractivity contribution in [2.24, 2.45) is 0 Å². The number of nitrogens with one attached hydrogen (secondary N) is 1. The Hall–Kier alpha value is -2.67. The van der Waals surface area contributed by atoms with E-state index >= 15 is 0 Å². The molecule has 0 aliphatic carbocycles. The molecule has 2 atom stereocenters. The van der Waals surface area contributed by atoms with Crippen molar-refractivity contribution >= 4 is 17.5 Å². The Labute approximate surface area is 175 Å². The molecule has 0 bridgehead atoms. The summed E-state index contributed by atoms with van der Waals surface area (Å²) in [6.07, 6.45) is 5.71. The number of rotatable bonds is 9. The van der Waals surface area contributed by atoms with Crippen LogP contribution < -0.4 is 5.48 Å². The van der Waals surface area contributed by atoms with E-state index < -0.39 is 5.91 Å². The van der Waals surface area contributed by atoms with Crippen molar-refractivity contribution in [3.63, 3.8) is 0 Å². The maximum absolute atomic E-state index is 11.9. The van der Waals surface area contributed by atoms with Gasteiger partial charge in [0.25, 0.3) is 0 Å². The highest BCUT2D eigenvalue weighted by atomic mass is 35.5. The number of aromatic nitrogens is 2. The van der Waals surface area contributed by atoms with Crippen LogP contribution in [0.3, 0.4) is 0 Å². The number of carbonyl (C=O) groups excluding carboxylic acids is 1. The maximum Gasteiger partial charge on any atom is 0.245 e. The summed E-state index contributed by atoms with van der Waals surface area (Å²) >= 11 is 6.02. The first-order chi connectivity index (χ1) is 14.1. The summed E-state index contributed by atoms with van der Waals surface area (Å²) in [5, 5.41) is 9.66. The molecule has 1 amide bonds. The van der Waals surface area contributed by atoms with Crippen molar-refractivity contribution in [2.45, 2.75) is 31.8 Å². The Morgan fingerprint density at radius 2 is 1.93 bits per heavy atom. The number of benzene rings is 2. The van der Waals surface area contributed by atoms with Crippen molar-refractivity contribution in [3.05, 3.63) is 83.4 Å². The zero-order chi connectivity index (χ0) is 20.6. The average molecular weight is 414 g/mol. The molecule has 0 fully saturated rings. The fourth-order valence-electron chi connectivity index (χ4n) is 3.40. The predicted molar refractivity (Wildman–Crippen MR) is 111 cm³/mol. The average Bonchev–Trinajstić information content (AvgIpc) is 3.28. The second kappa shape index (κ2) is 10.2. The molecule has 152 valence electrons. The molecule has 7 heteroatoms. The summed E-state index contributed by atoms with van der Waals surface area (Å²) in [6, 6.07) is 15.8. The first-order valence-corrected chi connectivity index (χ1v) is 9.85. The third-order valence-corrected chi connectivity index (χ3v) is 5.09. The first kappa shape index (κ1) is 21.0. The van der Waals surface area contributed by atoms with Gasteiger partial charge in [0, 0.05) is 35.6 Å². The number of hydroxylamine groups is 1. The van der Waals surface area contributed by atoms with Gasteiger partial charge in [0.2, 0.25) is 5.91 Å². The fourth-order valence-corrected chi connectivity index (χ4v) is 3.53. The van der Waals surface area contributed by atoms with Gasteiger partial charge in [-0.15, -0.1) is 0 Å². The number of imidazole rings is 1. The van der Waals surface area contributed by atoms with Crippen molar-refractivity contribution in [1.29, 1.82) is 0 Å². The molecule has 2 N–H and O–H groups in total. The molecule has 1 heterocycles. The van der Waals surface area contributed by atoms with Crippen molar-refractivity contribution < 1.29 is 14.7 Å². The molecule has 0 spiro atoms. The maximum atomic E-state index is 11.9. The highest BCUT2D eigenvalue weighted by Crippen LogP contribution is 2.30. The standard InChI is InChI=1S/C22H24ClN3O3/c1-2-29-21(14-22(27)25-28)20(13-16-3-7-18(23)8-4-16)17-5-9-19(10-6-17)26-12-11-24-15-26/h3-12,15,20-21,28H,2,13-14H2,1H3,(H,25,27)/t20-,21-/m1/s1. The molecule has 2 aromatic carbocycles. The highest BCUT2D eigenvalue weighted by molar-refractivity contribution is 6.30. The Kier molecular flexibility index (Phi) is 7.41. The summed E-state index contributed by atoms with van der Waals surface area (Å²) in [7, 11) is 0. The molecule has 0 aliphatic rings. The van der Waals surface area contributed by atoms with Gasteiger partial charge in [0.15, 0.2) is 0 Å². The molecule has 29 heavy (non-hydrogen) atoms. The lowest BCUT2D eigenvalue weighted by Gasteiger charge is -2.27. The molecule has 3 aromatic rings. The van der Waals surface area contributed by atoms with E-state index in [0.717, 1.165) is 16.8 Å². The van der Waals surface area contributed by atoms with Crippen LogP contribution >= 0.6 is 11.6 Å². The Bertz CT molecular complexity index is 896. The second-order valence-corrected chi connectivity index (χ2v) is 7.17. The number of amides is 1. The lowest BCUT2D eigenvalue weighted by molar-refractivity contribution is -0.132. The summed E-state index contributed by atoms with van der Waals surface area (Å²) in [5.74, 6) is -0.551. The summed E-state index contributed by atoms with van der Waals surface area (Å²) < 4.78 is 7.84. The van der Waals surface area contributed by atoms with Gasteiger partial charge in [0.05, 0.1) is 18.9 Å². The Balaban J connectivity index is 1.91. The first-order valence-electron chi connectivity index (χ1n) is 9.48. The molecule has 0 aliphatic heterocycles. The van der Waals surface area contributed by atoms with Crippen LogP contribution in [0.4, 0.5) is 0 Å². The van der Waals surface area contributed by atoms with Crippen LogP contribution in [0.15, 0.2) is 67.3 Å². The monoisotopic (exact) mass is 413 g/mol. The molecular weight excluding hydrogens is 390 g/mol. The van der Waals surface area contributed by atoms with Crippen LogP contribution in [-0.2, 0) is 16.0 Å². The Morgan fingerprint density at radius 1 is 1.21 bits per heavy atom. The van der Waals surface area contributed by atoms with Gasteiger partial charge in [0.1, 0.15) is 0 Å². The van der Waals surface area contributed by atoms with Crippen LogP contribution in [0.1, 0.15) is 30.4 Å². The number of hydrogen-bond acceptors (Lipinski definition) is 4. The fraction of sp³-hybridized carbons (Fsp3) is 0.273. The van der Waals surface area contributed by atoms with Crippen LogP contribution in [0.25, 0.3) is 5.69 Å². The van der Waals surface area contributed by atoms with Crippen LogP contribution in [-0.4, -0.2) is 33.4 Å². The van der Waals surface area contributed by atoms with Gasteiger partial charge < -0.3 is 9.30 Å². The van der Waals surface area contributed by atoms with E-state index in [2.05, 4.69) is 4.98 Å². The Morgan fingerprint density at radius 3 is 2.52 bits per heavy atom. The molecular formula is C22H24ClN3O3. The van der Waals surface area contributed by atoms with Crippen molar-refractivity contribution in [1.82, 2.24) is 15.0 Å². The minimum atomic E-state index is -0.473. The topological polar surface area (TPSA) is 76.4 Å². The normalized spacial score (nSPS) is 13.1. The molecule has 0 saturated carbocycles. The van der Waals surface area contributed by atoms with E-state index in [1.165, 1.54) is 0 Å². The lowest BCUT2D eigenvalue weighted by atomic mass is 9.85. The van der Waals surface area contributed by atoms with Gasteiger partial charge in [-0.25, -0.2) is 10.5 Å². The quantitative estimate of drug-likeness (QED) is 0.408. The van der Waals surface area contributed by atoms with E-state index in [9.17, 15) is 4.79 Å². The van der Waals surface area contributed by atoms with Crippen LogP contribution in [0, 0.1) is 0 Å². The minimum absolute atomic E-state index is 0.0614. The van der Waals surface area contributed by atoms with Gasteiger partial charge in [-0.3, -0.25) is 10.0 Å². The molecule has 0 saturated heterocycles. The zero-order valence-corrected chi connectivity index (χ0v) is 16.9. The molecule has 1 aromatic heterocycles. The lowest BCUT2D eigenvalue weighted by Crippen LogP contribution is -2.31. The summed E-state index contributed by atoms with van der Waals surface area (Å²) in [5.41, 5.74) is 4.85. The molecule has 6 nitrogen and oxygen atoms in total. The van der Waals surface area contributed by atoms with Crippen molar-refractivity contribution in [2.75, 3.05) is 6.61 Å². The van der Waals surface area contributed by atoms with Gasteiger partial charge in [-0.05, 0) is 48.7 Å². The number of ether oxygens (including phenoxy) is 1. The van der Waals surface area contributed by atoms with E-state index in [0.29, 0.717) is 18.1 Å².